The number of benzene rings is 2. The van der Waals surface area contributed by atoms with Crippen LogP contribution in [0.2, 0.25) is 0 Å². The predicted molar refractivity (Wildman–Crippen MR) is 130 cm³/mol. The summed E-state index contributed by atoms with van der Waals surface area (Å²) in [6.45, 7) is 4.31. The van der Waals surface area contributed by atoms with Crippen molar-refractivity contribution in [2.45, 2.75) is 25.9 Å². The van der Waals surface area contributed by atoms with E-state index in [4.69, 9.17) is 4.63 Å². The average molecular weight is 528 g/mol. The number of amides is 1. The third-order valence-corrected chi connectivity index (χ3v) is 6.89. The molecule has 1 saturated heterocycles. The second-order valence-electron chi connectivity index (χ2n) is 9.17. The first kappa shape index (κ1) is 25.2. The molecule has 10 nitrogen and oxygen atoms in total. The number of hydrogen-bond acceptors (Lipinski definition) is 8. The number of nitrogens with zero attached hydrogens (tertiary/aromatic N) is 5. The van der Waals surface area contributed by atoms with E-state index in [0.29, 0.717) is 46.8 Å². The highest BCUT2D eigenvalue weighted by molar-refractivity contribution is 5.98. The van der Waals surface area contributed by atoms with Crippen molar-refractivity contribution in [3.8, 4) is 0 Å². The fourth-order valence-electron chi connectivity index (χ4n) is 5.09. The Morgan fingerprint density at radius 2 is 1.79 bits per heavy atom. The van der Waals surface area contributed by atoms with Crippen molar-refractivity contribution in [3.63, 3.8) is 0 Å². The lowest BCUT2D eigenvalue weighted by molar-refractivity contribution is -0.431. The van der Waals surface area contributed by atoms with Crippen LogP contribution in [0.15, 0.2) is 69.8 Å². The topological polar surface area (TPSA) is 118 Å². The number of allylic oxidation sites excluding steroid dienone is 3. The van der Waals surface area contributed by atoms with Gasteiger partial charge < -0.3 is 15.1 Å². The Kier molecular flexibility index (Phi) is 6.29. The Bertz CT molecular complexity index is 1490. The molecule has 198 valence electrons. The van der Waals surface area contributed by atoms with Crippen LogP contribution in [0, 0.1) is 10.1 Å². The lowest BCUT2D eigenvalue weighted by atomic mass is 9.82. The maximum atomic E-state index is 13.9. The maximum absolute atomic E-state index is 13.9. The molecule has 13 heteroatoms. The SMILES string of the molecule is CC1=C(C(=O)N2CCN(c3cccc(C(F)(F)F)c3)CC2)C(c2cccc3nonc23)C([N+](=O)[O-])=C(C)N1. The number of dihydropyridines is 1. The number of rotatable bonds is 4. The normalized spacial score (nSPS) is 18.7. The number of anilines is 1. The van der Waals surface area contributed by atoms with Crippen LogP contribution in [-0.2, 0) is 11.0 Å². The van der Waals surface area contributed by atoms with E-state index in [-0.39, 0.29) is 24.4 Å². The van der Waals surface area contributed by atoms with E-state index in [2.05, 4.69) is 15.6 Å². The van der Waals surface area contributed by atoms with Crippen molar-refractivity contribution >= 4 is 22.6 Å². The summed E-state index contributed by atoms with van der Waals surface area (Å²) < 4.78 is 44.4. The monoisotopic (exact) mass is 528 g/mol. The summed E-state index contributed by atoms with van der Waals surface area (Å²) in [6.07, 6.45) is -4.45. The lowest BCUT2D eigenvalue weighted by Gasteiger charge is -2.38. The molecule has 2 aromatic carbocycles. The van der Waals surface area contributed by atoms with Gasteiger partial charge in [-0.05, 0) is 48.4 Å². The molecule has 0 bridgehead atoms. The molecule has 0 spiro atoms. The number of alkyl halides is 3. The van der Waals surface area contributed by atoms with Crippen LogP contribution in [0.5, 0.6) is 0 Å². The molecule has 5 rings (SSSR count). The number of halogens is 3. The number of aromatic nitrogens is 2. The molecular formula is C25H23F3N6O4. The summed E-state index contributed by atoms with van der Waals surface area (Å²) in [5.74, 6) is -1.43. The van der Waals surface area contributed by atoms with Gasteiger partial charge in [-0.3, -0.25) is 14.9 Å². The van der Waals surface area contributed by atoms with Gasteiger partial charge in [0.25, 0.3) is 11.6 Å². The van der Waals surface area contributed by atoms with Gasteiger partial charge in [0.05, 0.1) is 21.8 Å². The van der Waals surface area contributed by atoms with E-state index in [1.54, 1.807) is 47.9 Å². The second kappa shape index (κ2) is 9.47. The van der Waals surface area contributed by atoms with Gasteiger partial charge >= 0.3 is 6.18 Å². The van der Waals surface area contributed by atoms with Crippen LogP contribution in [0.25, 0.3) is 11.0 Å². The highest BCUT2D eigenvalue weighted by Gasteiger charge is 2.43. The van der Waals surface area contributed by atoms with E-state index in [9.17, 15) is 28.1 Å². The fourth-order valence-corrected chi connectivity index (χ4v) is 5.09. The van der Waals surface area contributed by atoms with Crippen LogP contribution in [0.3, 0.4) is 0 Å². The Morgan fingerprint density at radius 1 is 1.08 bits per heavy atom. The van der Waals surface area contributed by atoms with Crippen molar-refractivity contribution in [2.24, 2.45) is 0 Å². The van der Waals surface area contributed by atoms with Gasteiger partial charge in [-0.1, -0.05) is 18.2 Å². The molecule has 0 saturated carbocycles. The van der Waals surface area contributed by atoms with Crippen molar-refractivity contribution in [1.29, 1.82) is 0 Å². The molecule has 0 aliphatic carbocycles. The molecule has 1 fully saturated rings. The first-order valence-corrected chi connectivity index (χ1v) is 11.8. The minimum absolute atomic E-state index is 0.183. The minimum Gasteiger partial charge on any atom is -0.368 e. The number of hydrogen-bond donors (Lipinski definition) is 1. The van der Waals surface area contributed by atoms with E-state index in [1.165, 1.54) is 6.07 Å². The van der Waals surface area contributed by atoms with Crippen LogP contribution in [0.4, 0.5) is 18.9 Å². The third-order valence-electron chi connectivity index (χ3n) is 6.89. The molecule has 2 aliphatic rings. The minimum atomic E-state index is -4.45. The molecule has 3 heterocycles. The summed E-state index contributed by atoms with van der Waals surface area (Å²) in [4.78, 5) is 28.9. The Morgan fingerprint density at radius 3 is 2.47 bits per heavy atom. The van der Waals surface area contributed by atoms with Gasteiger partial charge in [-0.15, -0.1) is 0 Å². The van der Waals surface area contributed by atoms with E-state index >= 15 is 0 Å². The van der Waals surface area contributed by atoms with Crippen LogP contribution in [0.1, 0.15) is 30.9 Å². The summed E-state index contributed by atoms with van der Waals surface area (Å²) in [6, 6.07) is 10.0. The number of carbonyl (C=O) groups excluding carboxylic acids is 1. The van der Waals surface area contributed by atoms with Gasteiger partial charge in [0.15, 0.2) is 0 Å². The number of nitro groups is 1. The fraction of sp³-hybridized carbons (Fsp3) is 0.320. The number of nitrogens with one attached hydrogen (secondary N) is 1. The highest BCUT2D eigenvalue weighted by atomic mass is 19.4. The number of fused-ring (bicyclic) bond motifs is 1. The Labute approximate surface area is 214 Å². The number of piperazine rings is 1. The molecule has 3 aromatic rings. The molecule has 38 heavy (non-hydrogen) atoms. The molecule has 2 aliphatic heterocycles. The summed E-state index contributed by atoms with van der Waals surface area (Å²) in [5.41, 5.74) is 1.60. The summed E-state index contributed by atoms with van der Waals surface area (Å²) >= 11 is 0. The van der Waals surface area contributed by atoms with Crippen molar-refractivity contribution in [2.75, 3.05) is 31.1 Å². The zero-order chi connectivity index (χ0) is 27.2. The molecule has 1 N–H and O–H groups in total. The quantitative estimate of drug-likeness (QED) is 0.398. The van der Waals surface area contributed by atoms with Crippen molar-refractivity contribution in [3.05, 3.63) is 86.4 Å². The smallest absolute Gasteiger partial charge is 0.368 e. The van der Waals surface area contributed by atoms with Gasteiger partial charge in [-0.25, -0.2) is 4.63 Å². The van der Waals surface area contributed by atoms with Gasteiger partial charge in [-0.2, -0.15) is 13.2 Å². The molecule has 1 amide bonds. The largest absolute Gasteiger partial charge is 0.416 e. The third kappa shape index (κ3) is 4.44. The number of carbonyl (C=O) groups is 1. The Hall–Kier alpha value is -4.42. The first-order valence-electron chi connectivity index (χ1n) is 11.8. The van der Waals surface area contributed by atoms with Gasteiger partial charge in [0.2, 0.25) is 0 Å². The summed E-state index contributed by atoms with van der Waals surface area (Å²) in [5, 5.41) is 22.9. The van der Waals surface area contributed by atoms with Crippen molar-refractivity contribution < 1.29 is 27.5 Å². The predicted octanol–water partition coefficient (Wildman–Crippen LogP) is 4.06. The first-order chi connectivity index (χ1) is 18.1. The Balaban J connectivity index is 1.44. The molecule has 1 unspecified atom stereocenters. The maximum Gasteiger partial charge on any atom is 0.416 e. The van der Waals surface area contributed by atoms with E-state index in [1.807, 2.05) is 0 Å². The zero-order valence-corrected chi connectivity index (χ0v) is 20.5. The molecule has 0 radical (unpaired) electrons. The molecule has 1 atom stereocenters. The second-order valence-corrected chi connectivity index (χ2v) is 9.17. The standard InChI is InChI=1S/C25H23F3N6O4/c1-14-20(21(23(34(36)37)15(2)29-14)18-7-4-8-19-22(18)31-38-30-19)24(35)33-11-9-32(10-12-33)17-6-3-5-16(13-17)25(26,27)28/h3-8,13,21,29H,9-12H2,1-2H3. The van der Waals surface area contributed by atoms with Crippen LogP contribution in [-0.4, -0.2) is 52.2 Å². The average Bonchev–Trinajstić information content (AvgIpc) is 3.36. The molecular weight excluding hydrogens is 505 g/mol. The van der Waals surface area contributed by atoms with Crippen LogP contribution < -0.4 is 10.2 Å². The highest BCUT2D eigenvalue weighted by Crippen LogP contribution is 2.41. The van der Waals surface area contributed by atoms with Gasteiger partial charge in [0, 0.05) is 43.1 Å². The van der Waals surface area contributed by atoms with Gasteiger partial charge in [0.1, 0.15) is 17.0 Å². The molecule has 1 aromatic heterocycles. The lowest BCUT2D eigenvalue weighted by Crippen LogP contribution is -2.50. The van der Waals surface area contributed by atoms with E-state index in [0.717, 1.165) is 12.1 Å². The summed E-state index contributed by atoms with van der Waals surface area (Å²) in [7, 11) is 0. The van der Waals surface area contributed by atoms with Crippen LogP contribution >= 0.6 is 0 Å². The van der Waals surface area contributed by atoms with E-state index < -0.39 is 28.5 Å². The zero-order valence-electron chi connectivity index (χ0n) is 20.5. The van der Waals surface area contributed by atoms with Crippen molar-refractivity contribution in [1.82, 2.24) is 20.5 Å².